The summed E-state index contributed by atoms with van der Waals surface area (Å²) in [7, 11) is 1.62. The van der Waals surface area contributed by atoms with E-state index in [1.54, 1.807) is 13.2 Å². The zero-order valence-corrected chi connectivity index (χ0v) is 6.00. The second-order valence-corrected chi connectivity index (χ2v) is 1.91. The minimum atomic E-state index is -0.0369. The van der Waals surface area contributed by atoms with Gasteiger partial charge in [0.25, 0.3) is 0 Å². The topological polar surface area (TPSA) is 47.3 Å². The third-order valence-corrected chi connectivity index (χ3v) is 1.14. The fourth-order valence-electron chi connectivity index (χ4n) is 0.554. The van der Waals surface area contributed by atoms with Crippen LogP contribution >= 0.6 is 0 Å². The van der Waals surface area contributed by atoms with Crippen molar-refractivity contribution in [2.24, 2.45) is 0 Å². The normalized spacial score (nSPS) is 13.0. The molecule has 4 nitrogen and oxygen atoms in total. The van der Waals surface area contributed by atoms with Crippen molar-refractivity contribution in [2.45, 2.75) is 13.2 Å². The average Bonchev–Trinajstić information content (AvgIpc) is 2.40. The van der Waals surface area contributed by atoms with Crippen LogP contribution < -0.4 is 5.32 Å². The van der Waals surface area contributed by atoms with Crippen molar-refractivity contribution in [3.8, 4) is 0 Å². The van der Waals surface area contributed by atoms with E-state index in [2.05, 4.69) is 15.0 Å². The fourth-order valence-corrected chi connectivity index (χ4v) is 0.554. The summed E-state index contributed by atoms with van der Waals surface area (Å²) < 4.78 is 9.52. The maximum Gasteiger partial charge on any atom is 0.171 e. The third-order valence-electron chi connectivity index (χ3n) is 1.14. The van der Waals surface area contributed by atoms with Gasteiger partial charge < -0.3 is 14.6 Å². The van der Waals surface area contributed by atoms with E-state index in [0.717, 1.165) is 0 Å². The molecule has 4 heteroatoms. The van der Waals surface area contributed by atoms with Crippen molar-refractivity contribution in [3.05, 3.63) is 12.3 Å². The van der Waals surface area contributed by atoms with E-state index in [-0.39, 0.29) is 6.23 Å². The van der Waals surface area contributed by atoms with Crippen LogP contribution in [0.2, 0.25) is 0 Å². The zero-order chi connectivity index (χ0) is 7.40. The number of nitrogens with zero attached hydrogens (tertiary/aromatic N) is 1. The molecule has 10 heavy (non-hydrogen) atoms. The maximum absolute atomic E-state index is 4.93. The van der Waals surface area contributed by atoms with E-state index in [1.807, 2.05) is 6.92 Å². The van der Waals surface area contributed by atoms with Crippen LogP contribution in [-0.2, 0) is 4.74 Å². The van der Waals surface area contributed by atoms with Crippen molar-refractivity contribution < 1.29 is 9.26 Å². The number of hydrogen-bond acceptors (Lipinski definition) is 4. The maximum atomic E-state index is 4.93. The highest BCUT2D eigenvalue weighted by Crippen LogP contribution is 2.02. The number of hydrogen-bond donors (Lipinski definition) is 1. The average molecular weight is 142 g/mol. The second-order valence-electron chi connectivity index (χ2n) is 1.91. The first kappa shape index (κ1) is 7.08. The quantitative estimate of drug-likeness (QED) is 0.641. The van der Waals surface area contributed by atoms with E-state index in [0.29, 0.717) is 5.82 Å². The van der Waals surface area contributed by atoms with Crippen molar-refractivity contribution in [1.82, 2.24) is 5.16 Å². The van der Waals surface area contributed by atoms with Crippen LogP contribution in [0.1, 0.15) is 6.92 Å². The molecule has 1 N–H and O–H groups in total. The highest BCUT2D eigenvalue weighted by molar-refractivity contribution is 5.30. The Hall–Kier alpha value is -1.03. The summed E-state index contributed by atoms with van der Waals surface area (Å²) in [5.41, 5.74) is 0. The molecule has 1 rings (SSSR count). The fraction of sp³-hybridized carbons (Fsp3) is 0.500. The summed E-state index contributed by atoms with van der Waals surface area (Å²) in [5.74, 6) is 0.689. The molecule has 1 heterocycles. The summed E-state index contributed by atoms with van der Waals surface area (Å²) in [5, 5.41) is 6.58. The summed E-state index contributed by atoms with van der Waals surface area (Å²) in [6.07, 6.45) is 1.47. The molecule has 56 valence electrons. The lowest BCUT2D eigenvalue weighted by atomic mass is 10.6. The van der Waals surface area contributed by atoms with Gasteiger partial charge in [0.15, 0.2) is 5.82 Å². The van der Waals surface area contributed by atoms with Gasteiger partial charge in [-0.05, 0) is 6.92 Å². The number of rotatable bonds is 3. The standard InChI is InChI=1S/C6H10N2O2/c1-5(9-2)7-6-3-4-10-8-6/h3-5H,1-2H3,(H,7,8). The lowest BCUT2D eigenvalue weighted by molar-refractivity contribution is 0.140. The largest absolute Gasteiger partial charge is 0.363 e. The van der Waals surface area contributed by atoms with Gasteiger partial charge in [-0.15, -0.1) is 0 Å². The van der Waals surface area contributed by atoms with E-state index in [9.17, 15) is 0 Å². The Morgan fingerprint density at radius 2 is 2.60 bits per heavy atom. The van der Waals surface area contributed by atoms with Gasteiger partial charge >= 0.3 is 0 Å². The Bertz CT molecular complexity index is 174. The molecule has 1 unspecified atom stereocenters. The molecule has 1 aromatic heterocycles. The number of nitrogens with one attached hydrogen (secondary N) is 1. The minimum absolute atomic E-state index is 0.0369. The molecular formula is C6H10N2O2. The Kier molecular flexibility index (Phi) is 2.28. The highest BCUT2D eigenvalue weighted by Gasteiger charge is 1.99. The molecule has 1 atom stereocenters. The van der Waals surface area contributed by atoms with Crippen LogP contribution in [0.4, 0.5) is 5.82 Å². The van der Waals surface area contributed by atoms with Crippen LogP contribution in [0, 0.1) is 0 Å². The first-order valence-electron chi connectivity index (χ1n) is 3.02. The smallest absolute Gasteiger partial charge is 0.171 e. The summed E-state index contributed by atoms with van der Waals surface area (Å²) in [4.78, 5) is 0. The molecule has 0 spiro atoms. The van der Waals surface area contributed by atoms with Crippen LogP contribution in [0.15, 0.2) is 16.9 Å². The number of methoxy groups -OCH3 is 1. The molecule has 1 aromatic rings. The molecule has 0 amide bonds. The molecule has 0 bridgehead atoms. The van der Waals surface area contributed by atoms with Crippen molar-refractivity contribution in [1.29, 1.82) is 0 Å². The van der Waals surface area contributed by atoms with Crippen LogP contribution in [0.25, 0.3) is 0 Å². The molecule has 0 fully saturated rings. The van der Waals surface area contributed by atoms with Crippen LogP contribution in [0.3, 0.4) is 0 Å². The van der Waals surface area contributed by atoms with Gasteiger partial charge in [0.05, 0.1) is 0 Å². The van der Waals surface area contributed by atoms with Gasteiger partial charge in [-0.3, -0.25) is 0 Å². The van der Waals surface area contributed by atoms with Gasteiger partial charge in [-0.25, -0.2) is 0 Å². The Morgan fingerprint density at radius 1 is 1.80 bits per heavy atom. The van der Waals surface area contributed by atoms with Crippen LogP contribution in [0.5, 0.6) is 0 Å². The van der Waals surface area contributed by atoms with E-state index in [4.69, 9.17) is 4.74 Å². The molecule has 0 saturated heterocycles. The van der Waals surface area contributed by atoms with E-state index >= 15 is 0 Å². The molecule has 0 aliphatic rings. The SMILES string of the molecule is COC(C)Nc1ccon1. The monoisotopic (exact) mass is 142 g/mol. The molecule has 0 saturated carbocycles. The first-order valence-corrected chi connectivity index (χ1v) is 3.02. The minimum Gasteiger partial charge on any atom is -0.363 e. The van der Waals surface area contributed by atoms with Crippen molar-refractivity contribution >= 4 is 5.82 Å². The van der Waals surface area contributed by atoms with E-state index in [1.165, 1.54) is 6.26 Å². The Labute approximate surface area is 59.2 Å². The molecular weight excluding hydrogens is 132 g/mol. The van der Waals surface area contributed by atoms with Crippen LogP contribution in [-0.4, -0.2) is 18.5 Å². The summed E-state index contributed by atoms with van der Waals surface area (Å²) in [6.45, 7) is 1.88. The van der Waals surface area contributed by atoms with E-state index < -0.39 is 0 Å². The van der Waals surface area contributed by atoms with Gasteiger partial charge in [-0.2, -0.15) is 0 Å². The van der Waals surface area contributed by atoms with Crippen molar-refractivity contribution in [2.75, 3.05) is 12.4 Å². The van der Waals surface area contributed by atoms with Gasteiger partial charge in [0.2, 0.25) is 0 Å². The van der Waals surface area contributed by atoms with Gasteiger partial charge in [0.1, 0.15) is 12.5 Å². The van der Waals surface area contributed by atoms with Gasteiger partial charge in [-0.1, -0.05) is 5.16 Å². The molecule has 0 aliphatic carbocycles. The number of anilines is 1. The van der Waals surface area contributed by atoms with Crippen molar-refractivity contribution in [3.63, 3.8) is 0 Å². The Morgan fingerprint density at radius 3 is 3.10 bits per heavy atom. The predicted molar refractivity (Wildman–Crippen MR) is 36.6 cm³/mol. The number of ether oxygens (including phenoxy) is 1. The summed E-state index contributed by atoms with van der Waals surface area (Å²) >= 11 is 0. The second kappa shape index (κ2) is 3.22. The first-order chi connectivity index (χ1) is 4.83. The number of aromatic nitrogens is 1. The molecule has 0 radical (unpaired) electrons. The summed E-state index contributed by atoms with van der Waals surface area (Å²) in [6, 6.07) is 1.73. The third kappa shape index (κ3) is 1.73. The lowest BCUT2D eigenvalue weighted by Gasteiger charge is -2.08. The van der Waals surface area contributed by atoms with Gasteiger partial charge in [0, 0.05) is 13.2 Å². The lowest BCUT2D eigenvalue weighted by Crippen LogP contribution is -2.16. The highest BCUT2D eigenvalue weighted by atomic mass is 16.5. The predicted octanol–water partition coefficient (Wildman–Crippen LogP) is 1.08. The zero-order valence-electron chi connectivity index (χ0n) is 6.00. The Balaban J connectivity index is 2.40. The molecule has 0 aromatic carbocycles. The molecule has 0 aliphatic heterocycles.